The van der Waals surface area contributed by atoms with Crippen molar-refractivity contribution < 1.29 is 32.3 Å². The molecule has 0 bridgehead atoms. The van der Waals surface area contributed by atoms with Crippen LogP contribution in [-0.4, -0.2) is 78.5 Å². The number of ether oxygens (including phenoxy) is 1. The maximum Gasteiger partial charge on any atom is 0.416 e. The highest BCUT2D eigenvalue weighted by Crippen LogP contribution is 2.41. The normalized spacial score (nSPS) is 22.4. The number of rotatable bonds is 7. The van der Waals surface area contributed by atoms with E-state index in [0.717, 1.165) is 18.9 Å². The summed E-state index contributed by atoms with van der Waals surface area (Å²) in [7, 11) is 1.46. The number of benzene rings is 1. The third-order valence-electron chi connectivity index (χ3n) is 6.72. The average molecular weight is 509 g/mol. The minimum Gasteiger partial charge on any atom is -0.376 e. The molecule has 4 amide bonds. The van der Waals surface area contributed by atoms with Crippen molar-refractivity contribution >= 4 is 17.8 Å². The Morgan fingerprint density at radius 3 is 2.61 bits per heavy atom. The Morgan fingerprint density at radius 2 is 1.97 bits per heavy atom. The lowest BCUT2D eigenvalue weighted by atomic mass is 9.92. The monoisotopic (exact) mass is 508 g/mol. The Kier molecular flexibility index (Phi) is 7.31. The number of alkyl halides is 3. The van der Waals surface area contributed by atoms with E-state index in [1.807, 2.05) is 13.8 Å². The summed E-state index contributed by atoms with van der Waals surface area (Å²) in [6.07, 6.45) is -2.92. The van der Waals surface area contributed by atoms with Crippen LogP contribution in [0.2, 0.25) is 0 Å². The number of nitrogens with zero attached hydrogens (tertiary/aromatic N) is 3. The van der Waals surface area contributed by atoms with Crippen LogP contribution in [0, 0.1) is 5.92 Å². The number of hydrogen-bond donors (Lipinski definition) is 1. The van der Waals surface area contributed by atoms with Crippen molar-refractivity contribution in [1.29, 1.82) is 0 Å². The van der Waals surface area contributed by atoms with Crippen LogP contribution in [-0.2, 0) is 20.5 Å². The first-order chi connectivity index (χ1) is 17.0. The summed E-state index contributed by atoms with van der Waals surface area (Å²) in [5.41, 5.74) is -0.779. The van der Waals surface area contributed by atoms with E-state index in [1.54, 1.807) is 4.90 Å². The predicted molar refractivity (Wildman–Crippen MR) is 124 cm³/mol. The van der Waals surface area contributed by atoms with Gasteiger partial charge >= 0.3 is 12.2 Å². The van der Waals surface area contributed by atoms with Crippen molar-refractivity contribution in [2.75, 3.05) is 39.8 Å². The summed E-state index contributed by atoms with van der Waals surface area (Å²) in [6.45, 7) is 5.29. The largest absolute Gasteiger partial charge is 0.416 e. The van der Waals surface area contributed by atoms with Gasteiger partial charge in [0.2, 0.25) is 5.91 Å². The summed E-state index contributed by atoms with van der Waals surface area (Å²) in [4.78, 5) is 43.6. The van der Waals surface area contributed by atoms with Crippen molar-refractivity contribution in [2.45, 2.75) is 45.0 Å². The van der Waals surface area contributed by atoms with Gasteiger partial charge in [-0.3, -0.25) is 14.5 Å². The van der Waals surface area contributed by atoms with Gasteiger partial charge in [0, 0.05) is 26.7 Å². The predicted octanol–water partition coefficient (Wildman–Crippen LogP) is 3.16. The lowest BCUT2D eigenvalue weighted by molar-refractivity contribution is -0.139. The maximum absolute atomic E-state index is 13.7. The number of likely N-dealkylation sites (N-methyl/N-ethyl adjacent to an activating group) is 1. The molecular weight excluding hydrogens is 477 g/mol. The van der Waals surface area contributed by atoms with Gasteiger partial charge in [-0.05, 0) is 30.4 Å². The first kappa shape index (κ1) is 26.0. The first-order valence-corrected chi connectivity index (χ1v) is 12.1. The van der Waals surface area contributed by atoms with Crippen LogP contribution in [0.15, 0.2) is 35.5 Å². The van der Waals surface area contributed by atoms with Gasteiger partial charge in [-0.2, -0.15) is 13.2 Å². The molecule has 0 unspecified atom stereocenters. The van der Waals surface area contributed by atoms with Crippen molar-refractivity contribution in [1.82, 2.24) is 20.0 Å². The molecule has 8 nitrogen and oxygen atoms in total. The van der Waals surface area contributed by atoms with Crippen LogP contribution in [0.4, 0.5) is 18.0 Å². The lowest BCUT2D eigenvalue weighted by Gasteiger charge is -2.32. The lowest BCUT2D eigenvalue weighted by Crippen LogP contribution is -2.46. The van der Waals surface area contributed by atoms with E-state index in [0.29, 0.717) is 25.4 Å². The number of hydrogen-bond acceptors (Lipinski definition) is 4. The summed E-state index contributed by atoms with van der Waals surface area (Å²) in [5, 5.41) is 2.54. The molecule has 4 rings (SSSR count). The van der Waals surface area contributed by atoms with E-state index >= 15 is 0 Å². The minimum absolute atomic E-state index is 0.0377. The van der Waals surface area contributed by atoms with Crippen LogP contribution in [0.3, 0.4) is 0 Å². The Bertz CT molecular complexity index is 1070. The number of halogens is 3. The molecule has 1 aromatic rings. The van der Waals surface area contributed by atoms with Crippen LogP contribution in [0.25, 0.3) is 0 Å². The fraction of sp³-hybridized carbons (Fsp3) is 0.560. The number of carbonyl (C=O) groups excluding carboxylic acids is 3. The van der Waals surface area contributed by atoms with Gasteiger partial charge in [-0.15, -0.1) is 0 Å². The second-order valence-electron chi connectivity index (χ2n) is 9.88. The van der Waals surface area contributed by atoms with Gasteiger partial charge < -0.3 is 19.9 Å². The highest BCUT2D eigenvalue weighted by atomic mass is 19.4. The molecule has 3 aliphatic rings. The zero-order chi connectivity index (χ0) is 26.2. The highest BCUT2D eigenvalue weighted by molar-refractivity contribution is 6.03. The van der Waals surface area contributed by atoms with Crippen LogP contribution in [0.5, 0.6) is 0 Å². The second-order valence-corrected chi connectivity index (χ2v) is 9.88. The molecule has 0 aliphatic carbocycles. The van der Waals surface area contributed by atoms with Crippen molar-refractivity contribution in [2.24, 2.45) is 5.92 Å². The number of urea groups is 1. The standard InChI is InChI=1S/C25H31F3N4O4/c1-15(2)11-31(12-16-7-6-10-36-16)20(33)14-32-13-19-21(23(32)34)22(29-24(35)30(19)3)17-8-4-5-9-18(17)25(26,27)28/h4-5,8-9,15-16,22H,6-7,10-14H2,1-3H3,(H,29,35)/t16-,22-/m1/s1. The molecule has 0 spiro atoms. The Balaban J connectivity index is 1.59. The number of amides is 4. The molecule has 0 aromatic heterocycles. The topological polar surface area (TPSA) is 82.2 Å². The Morgan fingerprint density at radius 1 is 1.25 bits per heavy atom. The number of carbonyl (C=O) groups is 3. The second kappa shape index (κ2) is 10.1. The van der Waals surface area contributed by atoms with Crippen LogP contribution < -0.4 is 5.32 Å². The molecule has 11 heteroatoms. The highest BCUT2D eigenvalue weighted by Gasteiger charge is 2.46. The quantitative estimate of drug-likeness (QED) is 0.614. The van der Waals surface area contributed by atoms with Gasteiger partial charge in [0.25, 0.3) is 5.91 Å². The third kappa shape index (κ3) is 5.21. The van der Waals surface area contributed by atoms with E-state index in [4.69, 9.17) is 4.74 Å². The molecule has 0 saturated carbocycles. The summed E-state index contributed by atoms with van der Waals surface area (Å²) >= 11 is 0. The van der Waals surface area contributed by atoms with Crippen LogP contribution >= 0.6 is 0 Å². The molecule has 1 N–H and O–H groups in total. The fourth-order valence-electron chi connectivity index (χ4n) is 5.01. The van der Waals surface area contributed by atoms with Gasteiger partial charge in [0.1, 0.15) is 6.54 Å². The van der Waals surface area contributed by atoms with E-state index < -0.39 is 29.7 Å². The summed E-state index contributed by atoms with van der Waals surface area (Å²) < 4.78 is 46.9. The van der Waals surface area contributed by atoms with Gasteiger partial charge in [-0.1, -0.05) is 32.0 Å². The molecule has 1 fully saturated rings. The average Bonchev–Trinajstić information content (AvgIpc) is 3.43. The first-order valence-electron chi connectivity index (χ1n) is 12.1. The van der Waals surface area contributed by atoms with E-state index in [1.165, 1.54) is 35.0 Å². The molecule has 0 radical (unpaired) electrons. The zero-order valence-electron chi connectivity index (χ0n) is 20.6. The van der Waals surface area contributed by atoms with Gasteiger partial charge in [0.15, 0.2) is 0 Å². The SMILES string of the molecule is CC(C)CN(C[C@H]1CCCO1)C(=O)CN1CC2=C(C1=O)[C@@H](c1ccccc1C(F)(F)F)NC(=O)N2C. The maximum atomic E-state index is 13.7. The molecule has 36 heavy (non-hydrogen) atoms. The molecule has 1 saturated heterocycles. The summed E-state index contributed by atoms with van der Waals surface area (Å²) in [6, 6.07) is 3.00. The molecular formula is C25H31F3N4O4. The Labute approximate surface area is 208 Å². The molecule has 3 heterocycles. The van der Waals surface area contributed by atoms with Gasteiger partial charge in [0.05, 0.1) is 35.5 Å². The Hall–Kier alpha value is -3.08. The molecule has 1 aromatic carbocycles. The summed E-state index contributed by atoms with van der Waals surface area (Å²) in [5.74, 6) is -0.623. The van der Waals surface area contributed by atoms with E-state index in [2.05, 4.69) is 5.32 Å². The molecule has 196 valence electrons. The van der Waals surface area contributed by atoms with E-state index in [-0.39, 0.29) is 42.2 Å². The molecule has 3 aliphatic heterocycles. The minimum atomic E-state index is -4.66. The zero-order valence-corrected chi connectivity index (χ0v) is 20.6. The molecule has 2 atom stereocenters. The van der Waals surface area contributed by atoms with Crippen molar-refractivity contribution in [3.63, 3.8) is 0 Å². The fourth-order valence-corrected chi connectivity index (χ4v) is 5.01. The van der Waals surface area contributed by atoms with Crippen LogP contribution in [0.1, 0.15) is 43.9 Å². The van der Waals surface area contributed by atoms with Crippen molar-refractivity contribution in [3.8, 4) is 0 Å². The van der Waals surface area contributed by atoms with E-state index in [9.17, 15) is 27.6 Å². The van der Waals surface area contributed by atoms with Gasteiger partial charge in [-0.25, -0.2) is 4.79 Å². The smallest absolute Gasteiger partial charge is 0.376 e. The third-order valence-corrected chi connectivity index (χ3v) is 6.72. The number of nitrogens with one attached hydrogen (secondary N) is 1. The van der Waals surface area contributed by atoms with Crippen molar-refractivity contribution in [3.05, 3.63) is 46.7 Å².